The lowest BCUT2D eigenvalue weighted by Crippen LogP contribution is -2.54. The molecule has 2 amide bonds. The molecule has 0 saturated heterocycles. The number of benzene rings is 2. The summed E-state index contributed by atoms with van der Waals surface area (Å²) in [6.45, 7) is 10.6. The molecule has 0 radical (unpaired) electrons. The zero-order chi connectivity index (χ0) is 25.8. The first-order valence-corrected chi connectivity index (χ1v) is 13.2. The minimum atomic E-state index is -3.81. The molecular formula is C25H34ClN3O4S. The summed E-state index contributed by atoms with van der Waals surface area (Å²) in [6, 6.07) is 11.7. The molecular weight excluding hydrogens is 474 g/mol. The van der Waals surface area contributed by atoms with Crippen LogP contribution in [0, 0.1) is 13.8 Å². The molecule has 2 aromatic rings. The third-order valence-corrected chi connectivity index (χ3v) is 6.86. The van der Waals surface area contributed by atoms with E-state index in [1.165, 1.54) is 4.90 Å². The molecule has 9 heteroatoms. The molecule has 2 rings (SSSR count). The predicted molar refractivity (Wildman–Crippen MR) is 137 cm³/mol. The van der Waals surface area contributed by atoms with Gasteiger partial charge in [-0.05, 0) is 64.8 Å². The fraction of sp³-hybridized carbons (Fsp3) is 0.440. The van der Waals surface area contributed by atoms with Crippen LogP contribution in [0.5, 0.6) is 0 Å². The Morgan fingerprint density at radius 2 is 1.65 bits per heavy atom. The molecule has 0 aliphatic heterocycles. The van der Waals surface area contributed by atoms with Crippen LogP contribution in [-0.4, -0.2) is 49.5 Å². The van der Waals surface area contributed by atoms with Gasteiger partial charge >= 0.3 is 0 Å². The van der Waals surface area contributed by atoms with Crippen molar-refractivity contribution >= 4 is 39.1 Å². The highest BCUT2D eigenvalue weighted by Gasteiger charge is 2.31. The van der Waals surface area contributed by atoms with Gasteiger partial charge in [-0.3, -0.25) is 13.9 Å². The average molecular weight is 508 g/mol. The summed E-state index contributed by atoms with van der Waals surface area (Å²) in [6.07, 6.45) is 1.04. The lowest BCUT2D eigenvalue weighted by Gasteiger charge is -2.33. The molecule has 1 atom stereocenters. The van der Waals surface area contributed by atoms with Gasteiger partial charge in [-0.15, -0.1) is 0 Å². The molecule has 7 nitrogen and oxygen atoms in total. The van der Waals surface area contributed by atoms with Crippen molar-refractivity contribution in [3.63, 3.8) is 0 Å². The van der Waals surface area contributed by atoms with Crippen molar-refractivity contribution in [2.75, 3.05) is 17.1 Å². The number of aryl methyl sites for hydroxylation is 1. The minimum Gasteiger partial charge on any atom is -0.350 e. The summed E-state index contributed by atoms with van der Waals surface area (Å²) < 4.78 is 26.4. The van der Waals surface area contributed by atoms with E-state index in [4.69, 9.17) is 11.6 Å². The van der Waals surface area contributed by atoms with Gasteiger partial charge in [0.1, 0.15) is 12.6 Å². The van der Waals surface area contributed by atoms with E-state index in [0.29, 0.717) is 16.3 Å². The largest absolute Gasteiger partial charge is 0.350 e. The molecule has 0 aliphatic carbocycles. The summed E-state index contributed by atoms with van der Waals surface area (Å²) in [5.74, 6) is -0.820. The summed E-state index contributed by atoms with van der Waals surface area (Å²) in [7, 11) is -3.81. The number of anilines is 1. The van der Waals surface area contributed by atoms with Gasteiger partial charge in [0.05, 0.1) is 11.9 Å². The highest BCUT2D eigenvalue weighted by atomic mass is 35.5. The molecule has 0 aliphatic rings. The minimum absolute atomic E-state index is 0.157. The fourth-order valence-electron chi connectivity index (χ4n) is 3.41. The lowest BCUT2D eigenvalue weighted by atomic mass is 10.1. The maximum absolute atomic E-state index is 13.6. The Labute approximate surface area is 208 Å². The molecule has 0 aromatic heterocycles. The smallest absolute Gasteiger partial charge is 0.244 e. The molecule has 0 fully saturated rings. The highest BCUT2D eigenvalue weighted by Crippen LogP contribution is 2.28. The van der Waals surface area contributed by atoms with Crippen LogP contribution >= 0.6 is 11.6 Å². The second-order valence-electron chi connectivity index (χ2n) is 9.58. The fourth-order valence-corrected chi connectivity index (χ4v) is 4.48. The van der Waals surface area contributed by atoms with E-state index >= 15 is 0 Å². The first-order valence-electron chi connectivity index (χ1n) is 11.0. The van der Waals surface area contributed by atoms with E-state index in [1.807, 2.05) is 52.0 Å². The molecule has 0 heterocycles. The van der Waals surface area contributed by atoms with E-state index in [9.17, 15) is 18.0 Å². The predicted octanol–water partition coefficient (Wildman–Crippen LogP) is 4.05. The molecule has 186 valence electrons. The Bertz CT molecular complexity index is 1140. The van der Waals surface area contributed by atoms with Crippen LogP contribution in [0.1, 0.15) is 44.4 Å². The quantitative estimate of drug-likeness (QED) is 0.583. The van der Waals surface area contributed by atoms with Crippen molar-refractivity contribution in [1.29, 1.82) is 0 Å². The Hall–Kier alpha value is -2.58. The van der Waals surface area contributed by atoms with Crippen LogP contribution in [0.2, 0.25) is 5.02 Å². The van der Waals surface area contributed by atoms with Crippen molar-refractivity contribution in [3.8, 4) is 0 Å². The van der Waals surface area contributed by atoms with Gasteiger partial charge in [-0.25, -0.2) is 8.42 Å². The maximum Gasteiger partial charge on any atom is 0.244 e. The SMILES string of the molecule is Cc1ccc(CN(C(=O)CN(c2cccc(Cl)c2C)S(C)(=O)=O)[C@H](C)C(=O)NC(C)(C)C)cc1. The zero-order valence-electron chi connectivity index (χ0n) is 20.8. The number of nitrogens with one attached hydrogen (secondary N) is 1. The van der Waals surface area contributed by atoms with Crippen molar-refractivity contribution in [3.05, 3.63) is 64.2 Å². The maximum atomic E-state index is 13.6. The van der Waals surface area contributed by atoms with E-state index < -0.39 is 34.1 Å². The van der Waals surface area contributed by atoms with Crippen LogP contribution in [-0.2, 0) is 26.2 Å². The first-order chi connectivity index (χ1) is 15.6. The van der Waals surface area contributed by atoms with E-state index in [1.54, 1.807) is 32.0 Å². The number of amides is 2. The third-order valence-electron chi connectivity index (χ3n) is 5.33. The summed E-state index contributed by atoms with van der Waals surface area (Å²) in [5, 5.41) is 3.30. The summed E-state index contributed by atoms with van der Waals surface area (Å²) >= 11 is 6.21. The topological polar surface area (TPSA) is 86.8 Å². The van der Waals surface area contributed by atoms with E-state index in [2.05, 4.69) is 5.32 Å². The van der Waals surface area contributed by atoms with Crippen LogP contribution in [0.15, 0.2) is 42.5 Å². The number of sulfonamides is 1. The molecule has 0 saturated carbocycles. The van der Waals surface area contributed by atoms with Crippen molar-refractivity contribution in [2.45, 2.75) is 59.7 Å². The van der Waals surface area contributed by atoms with E-state index in [-0.39, 0.29) is 12.5 Å². The molecule has 0 bridgehead atoms. The van der Waals surface area contributed by atoms with Gasteiger partial charge < -0.3 is 10.2 Å². The van der Waals surface area contributed by atoms with Gasteiger partial charge in [-0.1, -0.05) is 47.5 Å². The number of carbonyl (C=O) groups excluding carboxylic acids is 2. The van der Waals surface area contributed by atoms with Gasteiger partial charge in [-0.2, -0.15) is 0 Å². The molecule has 0 spiro atoms. The number of carbonyl (C=O) groups is 2. The van der Waals surface area contributed by atoms with Crippen LogP contribution in [0.25, 0.3) is 0 Å². The second kappa shape index (κ2) is 10.8. The van der Waals surface area contributed by atoms with Crippen molar-refractivity contribution < 1.29 is 18.0 Å². The Kier molecular flexibility index (Phi) is 8.77. The highest BCUT2D eigenvalue weighted by molar-refractivity contribution is 7.92. The first kappa shape index (κ1) is 27.7. The zero-order valence-corrected chi connectivity index (χ0v) is 22.4. The van der Waals surface area contributed by atoms with Crippen molar-refractivity contribution in [1.82, 2.24) is 10.2 Å². The third kappa shape index (κ3) is 7.46. The molecule has 2 aromatic carbocycles. The molecule has 0 unspecified atom stereocenters. The average Bonchev–Trinajstić information content (AvgIpc) is 2.71. The lowest BCUT2D eigenvalue weighted by molar-refractivity contribution is -0.140. The number of hydrogen-bond acceptors (Lipinski definition) is 4. The normalized spacial score (nSPS) is 12.7. The van der Waals surface area contributed by atoms with Gasteiger partial charge in [0.2, 0.25) is 21.8 Å². The second-order valence-corrected chi connectivity index (χ2v) is 11.9. The van der Waals surface area contributed by atoms with Crippen LogP contribution in [0.4, 0.5) is 5.69 Å². The standard InChI is InChI=1S/C25H34ClN3O4S/c1-17-11-13-20(14-12-17)15-28(19(3)24(31)27-25(4,5)6)23(30)16-29(34(7,32)33)22-10-8-9-21(26)18(22)2/h8-14,19H,15-16H2,1-7H3,(H,27,31)/t19-/m1/s1. The molecule has 34 heavy (non-hydrogen) atoms. The molecule has 1 N–H and O–H groups in total. The number of rotatable bonds is 8. The van der Waals surface area contributed by atoms with Crippen LogP contribution < -0.4 is 9.62 Å². The summed E-state index contributed by atoms with van der Waals surface area (Å²) in [5.41, 5.74) is 2.29. The van der Waals surface area contributed by atoms with Gasteiger partial charge in [0.15, 0.2) is 0 Å². The monoisotopic (exact) mass is 507 g/mol. The van der Waals surface area contributed by atoms with Crippen LogP contribution in [0.3, 0.4) is 0 Å². The van der Waals surface area contributed by atoms with Gasteiger partial charge in [0, 0.05) is 17.1 Å². The Balaban J connectivity index is 2.44. The number of hydrogen-bond donors (Lipinski definition) is 1. The van der Waals surface area contributed by atoms with E-state index in [0.717, 1.165) is 21.7 Å². The van der Waals surface area contributed by atoms with Gasteiger partial charge in [0.25, 0.3) is 0 Å². The number of halogens is 1. The summed E-state index contributed by atoms with van der Waals surface area (Å²) in [4.78, 5) is 27.9. The Morgan fingerprint density at radius 3 is 2.18 bits per heavy atom. The Morgan fingerprint density at radius 1 is 1.06 bits per heavy atom. The van der Waals surface area contributed by atoms with Crippen molar-refractivity contribution in [2.24, 2.45) is 0 Å². The number of nitrogens with zero attached hydrogens (tertiary/aromatic N) is 2.